The molecule has 24 heavy (non-hydrogen) atoms. The van der Waals surface area contributed by atoms with Gasteiger partial charge in [-0.1, -0.05) is 17.4 Å². The molecule has 0 saturated carbocycles. The SMILES string of the molecule is CCOC(=O)c1ccc2nc(NC(=O)C=Cc3cccs3)sc2c1. The number of fused-ring (bicyclic) bond motifs is 1. The van der Waals surface area contributed by atoms with Gasteiger partial charge in [0.1, 0.15) is 0 Å². The molecule has 0 unspecified atom stereocenters. The Hall–Kier alpha value is -2.51. The Kier molecular flexibility index (Phi) is 5.02. The maximum absolute atomic E-state index is 11.9. The number of amides is 1. The number of esters is 1. The van der Waals surface area contributed by atoms with Crippen molar-refractivity contribution in [2.75, 3.05) is 11.9 Å². The quantitative estimate of drug-likeness (QED) is 0.549. The number of carbonyl (C=O) groups excluding carboxylic acids is 2. The Morgan fingerprint density at radius 1 is 1.33 bits per heavy atom. The van der Waals surface area contributed by atoms with Crippen LogP contribution in [0.5, 0.6) is 0 Å². The molecule has 0 aliphatic rings. The third-order valence-electron chi connectivity index (χ3n) is 3.07. The number of nitrogens with one attached hydrogen (secondary N) is 1. The van der Waals surface area contributed by atoms with E-state index in [1.165, 1.54) is 17.4 Å². The van der Waals surface area contributed by atoms with Gasteiger partial charge in [0.05, 0.1) is 22.4 Å². The average Bonchev–Trinajstić information content (AvgIpc) is 3.21. The summed E-state index contributed by atoms with van der Waals surface area (Å²) in [6.45, 7) is 2.10. The van der Waals surface area contributed by atoms with Crippen LogP contribution in [-0.4, -0.2) is 23.5 Å². The molecule has 0 saturated heterocycles. The number of thiazole rings is 1. The highest BCUT2D eigenvalue weighted by molar-refractivity contribution is 7.22. The number of nitrogens with zero attached hydrogens (tertiary/aromatic N) is 1. The molecule has 0 radical (unpaired) electrons. The smallest absolute Gasteiger partial charge is 0.338 e. The van der Waals surface area contributed by atoms with E-state index in [0.717, 1.165) is 15.1 Å². The van der Waals surface area contributed by atoms with E-state index in [2.05, 4.69) is 10.3 Å². The number of aromatic nitrogens is 1. The standard InChI is InChI=1S/C17H14N2O3S2/c1-2-22-16(21)11-5-7-13-14(10-11)24-17(18-13)19-15(20)8-6-12-4-3-9-23-12/h3-10H,2H2,1H3,(H,18,19,20). The monoisotopic (exact) mass is 358 g/mol. The summed E-state index contributed by atoms with van der Waals surface area (Å²) in [6.07, 6.45) is 3.23. The fourth-order valence-electron chi connectivity index (χ4n) is 2.01. The summed E-state index contributed by atoms with van der Waals surface area (Å²) in [6, 6.07) is 9.00. The molecule has 0 aliphatic carbocycles. The van der Waals surface area contributed by atoms with Crippen LogP contribution in [0.25, 0.3) is 16.3 Å². The van der Waals surface area contributed by atoms with Crippen molar-refractivity contribution >= 4 is 56.0 Å². The topological polar surface area (TPSA) is 68.3 Å². The first-order chi connectivity index (χ1) is 11.7. The highest BCUT2D eigenvalue weighted by Gasteiger charge is 2.11. The summed E-state index contributed by atoms with van der Waals surface area (Å²) in [7, 11) is 0. The lowest BCUT2D eigenvalue weighted by Crippen LogP contribution is -2.06. The number of carbonyl (C=O) groups is 2. The third-order valence-corrected chi connectivity index (χ3v) is 4.84. The summed E-state index contributed by atoms with van der Waals surface area (Å²) in [5.41, 5.74) is 1.20. The molecule has 0 aliphatic heterocycles. The third kappa shape index (κ3) is 3.87. The molecular formula is C17H14N2O3S2. The van der Waals surface area contributed by atoms with Crippen molar-refractivity contribution in [3.05, 3.63) is 52.2 Å². The fourth-order valence-corrected chi connectivity index (χ4v) is 3.54. The summed E-state index contributed by atoms with van der Waals surface area (Å²) in [4.78, 5) is 29.1. The fraction of sp³-hybridized carbons (Fsp3) is 0.118. The number of ether oxygens (including phenoxy) is 1. The normalized spacial score (nSPS) is 11.0. The zero-order chi connectivity index (χ0) is 16.9. The minimum atomic E-state index is -0.364. The van der Waals surface area contributed by atoms with Crippen LogP contribution in [-0.2, 0) is 9.53 Å². The first-order valence-corrected chi connectivity index (χ1v) is 8.95. The molecule has 2 heterocycles. The molecule has 0 atom stereocenters. The highest BCUT2D eigenvalue weighted by atomic mass is 32.1. The summed E-state index contributed by atoms with van der Waals surface area (Å²) >= 11 is 2.88. The Morgan fingerprint density at radius 2 is 2.21 bits per heavy atom. The lowest BCUT2D eigenvalue weighted by atomic mass is 10.2. The van der Waals surface area contributed by atoms with Crippen molar-refractivity contribution in [2.24, 2.45) is 0 Å². The van der Waals surface area contributed by atoms with E-state index in [4.69, 9.17) is 4.74 Å². The van der Waals surface area contributed by atoms with Crippen molar-refractivity contribution in [3.8, 4) is 0 Å². The largest absolute Gasteiger partial charge is 0.462 e. The number of anilines is 1. The van der Waals surface area contributed by atoms with Crippen LogP contribution in [0, 0.1) is 0 Å². The van der Waals surface area contributed by atoms with Crippen molar-refractivity contribution in [1.82, 2.24) is 4.98 Å². The van der Waals surface area contributed by atoms with Gasteiger partial charge in [-0.05, 0) is 42.6 Å². The van der Waals surface area contributed by atoms with Gasteiger partial charge in [-0.15, -0.1) is 11.3 Å². The van der Waals surface area contributed by atoms with E-state index in [0.29, 0.717) is 17.3 Å². The second-order valence-electron chi connectivity index (χ2n) is 4.76. The van der Waals surface area contributed by atoms with Crippen LogP contribution < -0.4 is 5.32 Å². The van der Waals surface area contributed by atoms with Gasteiger partial charge >= 0.3 is 5.97 Å². The Balaban J connectivity index is 1.73. The molecule has 1 amide bonds. The predicted molar refractivity (Wildman–Crippen MR) is 97.6 cm³/mol. The van der Waals surface area contributed by atoms with Crippen molar-refractivity contribution in [1.29, 1.82) is 0 Å². The summed E-state index contributed by atoms with van der Waals surface area (Å²) in [5.74, 6) is -0.606. The van der Waals surface area contributed by atoms with Gasteiger partial charge in [-0.3, -0.25) is 10.1 Å². The molecule has 7 heteroatoms. The first kappa shape index (κ1) is 16.4. The lowest BCUT2D eigenvalue weighted by molar-refractivity contribution is -0.111. The molecule has 0 bridgehead atoms. The van der Waals surface area contributed by atoms with Gasteiger partial charge < -0.3 is 4.74 Å². The lowest BCUT2D eigenvalue weighted by Gasteiger charge is -2.00. The van der Waals surface area contributed by atoms with Gasteiger partial charge in [-0.2, -0.15) is 0 Å². The zero-order valence-electron chi connectivity index (χ0n) is 12.8. The van der Waals surface area contributed by atoms with Gasteiger partial charge in [-0.25, -0.2) is 9.78 Å². The van der Waals surface area contributed by atoms with Crippen LogP contribution in [0.1, 0.15) is 22.2 Å². The van der Waals surface area contributed by atoms with Crippen molar-refractivity contribution < 1.29 is 14.3 Å². The summed E-state index contributed by atoms with van der Waals surface area (Å²) in [5, 5.41) is 5.18. The molecule has 5 nitrogen and oxygen atoms in total. The maximum Gasteiger partial charge on any atom is 0.338 e. The van der Waals surface area contributed by atoms with Crippen LogP contribution in [0.4, 0.5) is 5.13 Å². The first-order valence-electron chi connectivity index (χ1n) is 7.26. The minimum Gasteiger partial charge on any atom is -0.462 e. The Morgan fingerprint density at radius 3 is 2.96 bits per heavy atom. The average molecular weight is 358 g/mol. The second kappa shape index (κ2) is 7.37. The maximum atomic E-state index is 11.9. The van der Waals surface area contributed by atoms with E-state index in [9.17, 15) is 9.59 Å². The number of hydrogen-bond donors (Lipinski definition) is 1. The number of benzene rings is 1. The molecule has 2 aromatic heterocycles. The zero-order valence-corrected chi connectivity index (χ0v) is 14.4. The Bertz CT molecular complexity index is 898. The van der Waals surface area contributed by atoms with E-state index in [1.54, 1.807) is 42.5 Å². The van der Waals surface area contributed by atoms with Crippen LogP contribution in [0.3, 0.4) is 0 Å². The molecule has 3 aromatic rings. The predicted octanol–water partition coefficient (Wildman–Crippen LogP) is 4.19. The van der Waals surface area contributed by atoms with E-state index in [1.807, 2.05) is 17.5 Å². The molecule has 0 fully saturated rings. The van der Waals surface area contributed by atoms with Crippen molar-refractivity contribution in [3.63, 3.8) is 0 Å². The molecule has 1 aromatic carbocycles. The highest BCUT2D eigenvalue weighted by Crippen LogP contribution is 2.27. The number of rotatable bonds is 5. The molecule has 122 valence electrons. The van der Waals surface area contributed by atoms with Gasteiger partial charge in [0.15, 0.2) is 5.13 Å². The van der Waals surface area contributed by atoms with Gasteiger partial charge in [0.25, 0.3) is 0 Å². The molecule has 0 spiro atoms. The second-order valence-corrected chi connectivity index (χ2v) is 6.77. The van der Waals surface area contributed by atoms with Crippen molar-refractivity contribution in [2.45, 2.75) is 6.92 Å². The van der Waals surface area contributed by atoms with Crippen LogP contribution in [0.2, 0.25) is 0 Å². The number of hydrogen-bond acceptors (Lipinski definition) is 6. The minimum absolute atomic E-state index is 0.243. The van der Waals surface area contributed by atoms with E-state index >= 15 is 0 Å². The molecule has 1 N–H and O–H groups in total. The van der Waals surface area contributed by atoms with E-state index < -0.39 is 0 Å². The summed E-state index contributed by atoms with van der Waals surface area (Å²) < 4.78 is 5.80. The van der Waals surface area contributed by atoms with Gasteiger partial charge in [0.2, 0.25) is 5.91 Å². The van der Waals surface area contributed by atoms with Gasteiger partial charge in [0, 0.05) is 11.0 Å². The number of thiophene rings is 1. The molecular weight excluding hydrogens is 344 g/mol. The van der Waals surface area contributed by atoms with E-state index in [-0.39, 0.29) is 11.9 Å². The van der Waals surface area contributed by atoms with Crippen LogP contribution in [0.15, 0.2) is 41.8 Å². The molecule has 3 rings (SSSR count). The Labute approximate surface area is 146 Å². The van der Waals surface area contributed by atoms with Crippen LogP contribution >= 0.6 is 22.7 Å².